The predicted octanol–water partition coefficient (Wildman–Crippen LogP) is 3.54. The first-order valence-electron chi connectivity index (χ1n) is 8.31. The van der Waals surface area contributed by atoms with Gasteiger partial charge in [-0.05, 0) is 42.5 Å². The second-order valence-corrected chi connectivity index (χ2v) is 6.01. The van der Waals surface area contributed by atoms with Crippen LogP contribution in [0.2, 0.25) is 0 Å². The zero-order valence-corrected chi connectivity index (χ0v) is 14.8. The first kappa shape index (κ1) is 16.7. The summed E-state index contributed by atoms with van der Waals surface area (Å²) in [5.74, 6) is 1.19. The Morgan fingerprint density at radius 2 is 2.07 bits per heavy atom. The Morgan fingerprint density at radius 1 is 1.22 bits per heavy atom. The van der Waals surface area contributed by atoms with Crippen LogP contribution in [0.25, 0.3) is 17.0 Å². The van der Waals surface area contributed by atoms with Crippen LogP contribution in [0.5, 0.6) is 11.5 Å². The van der Waals surface area contributed by atoms with Gasteiger partial charge in [-0.15, -0.1) is 0 Å². The highest BCUT2D eigenvalue weighted by molar-refractivity contribution is 6.15. The molecule has 0 spiro atoms. The van der Waals surface area contributed by atoms with Gasteiger partial charge in [-0.2, -0.15) is 0 Å². The van der Waals surface area contributed by atoms with Crippen molar-refractivity contribution in [2.45, 2.75) is 0 Å². The van der Waals surface area contributed by atoms with Gasteiger partial charge < -0.3 is 25.1 Å². The van der Waals surface area contributed by atoms with Crippen molar-refractivity contribution in [2.24, 2.45) is 0 Å². The number of methoxy groups -OCH3 is 1. The van der Waals surface area contributed by atoms with Crippen LogP contribution in [0, 0.1) is 0 Å². The fraction of sp³-hybridized carbons (Fsp3) is 0.100. The van der Waals surface area contributed by atoms with E-state index in [2.05, 4.69) is 15.6 Å². The number of anilines is 1. The molecule has 0 aliphatic carbocycles. The highest BCUT2D eigenvalue weighted by Gasteiger charge is 2.28. The SMILES string of the molecule is CNC(=O)Nc1ccc2c(c1)C(=O)/C(=C/c1c[nH]c3ccc(OC)cc13)O2. The van der Waals surface area contributed by atoms with Crippen molar-refractivity contribution >= 4 is 34.5 Å². The number of ketones is 1. The van der Waals surface area contributed by atoms with E-state index in [-0.39, 0.29) is 17.6 Å². The lowest BCUT2D eigenvalue weighted by Crippen LogP contribution is -2.24. The molecule has 136 valence electrons. The normalized spacial score (nSPS) is 14.1. The smallest absolute Gasteiger partial charge is 0.318 e. The summed E-state index contributed by atoms with van der Waals surface area (Å²) in [7, 11) is 3.13. The van der Waals surface area contributed by atoms with Gasteiger partial charge in [0.15, 0.2) is 5.76 Å². The van der Waals surface area contributed by atoms with E-state index < -0.39 is 0 Å². The lowest BCUT2D eigenvalue weighted by molar-refractivity contribution is 0.101. The van der Waals surface area contributed by atoms with Crippen LogP contribution < -0.4 is 20.1 Å². The third-order valence-corrected chi connectivity index (χ3v) is 4.36. The number of allylic oxidation sites excluding steroid dienone is 1. The molecule has 0 unspecified atom stereocenters. The Hall–Kier alpha value is -3.74. The number of fused-ring (bicyclic) bond motifs is 2. The van der Waals surface area contributed by atoms with Crippen molar-refractivity contribution in [1.82, 2.24) is 10.3 Å². The maximum Gasteiger partial charge on any atom is 0.318 e. The van der Waals surface area contributed by atoms with Gasteiger partial charge >= 0.3 is 6.03 Å². The van der Waals surface area contributed by atoms with Gasteiger partial charge in [0, 0.05) is 35.4 Å². The summed E-state index contributed by atoms with van der Waals surface area (Å²) < 4.78 is 11.0. The number of ether oxygens (including phenoxy) is 2. The van der Waals surface area contributed by atoms with Crippen molar-refractivity contribution < 1.29 is 19.1 Å². The van der Waals surface area contributed by atoms with Gasteiger partial charge in [-0.3, -0.25) is 4.79 Å². The van der Waals surface area contributed by atoms with Crippen LogP contribution in [0.1, 0.15) is 15.9 Å². The van der Waals surface area contributed by atoms with Crippen LogP contribution in [-0.2, 0) is 0 Å². The fourth-order valence-electron chi connectivity index (χ4n) is 2.97. The molecule has 3 aromatic rings. The zero-order valence-electron chi connectivity index (χ0n) is 14.8. The second-order valence-electron chi connectivity index (χ2n) is 6.01. The van der Waals surface area contributed by atoms with E-state index in [0.29, 0.717) is 17.0 Å². The number of hydrogen-bond acceptors (Lipinski definition) is 4. The van der Waals surface area contributed by atoms with Crippen molar-refractivity contribution in [3.8, 4) is 11.5 Å². The number of nitrogens with one attached hydrogen (secondary N) is 3. The molecule has 0 fully saturated rings. The van der Waals surface area contributed by atoms with Gasteiger partial charge in [0.2, 0.25) is 5.78 Å². The molecule has 0 saturated carbocycles. The van der Waals surface area contributed by atoms with Crippen molar-refractivity contribution in [3.63, 3.8) is 0 Å². The van der Waals surface area contributed by atoms with E-state index in [1.54, 1.807) is 31.4 Å². The van der Waals surface area contributed by atoms with Crippen molar-refractivity contribution in [2.75, 3.05) is 19.5 Å². The summed E-state index contributed by atoms with van der Waals surface area (Å²) in [6, 6.07) is 10.3. The summed E-state index contributed by atoms with van der Waals surface area (Å²) in [5, 5.41) is 6.04. The molecule has 0 saturated heterocycles. The van der Waals surface area contributed by atoms with Crippen molar-refractivity contribution in [1.29, 1.82) is 0 Å². The molecular weight excluding hydrogens is 346 g/mol. The first-order valence-corrected chi connectivity index (χ1v) is 8.31. The Bertz CT molecular complexity index is 1100. The number of carbonyl (C=O) groups excluding carboxylic acids is 2. The Kier molecular flexibility index (Phi) is 4.04. The second kappa shape index (κ2) is 6.53. The minimum atomic E-state index is -0.357. The van der Waals surface area contributed by atoms with E-state index in [4.69, 9.17) is 9.47 Å². The molecule has 7 heteroatoms. The van der Waals surface area contributed by atoms with Crippen LogP contribution in [0.3, 0.4) is 0 Å². The summed E-state index contributed by atoms with van der Waals surface area (Å²) in [4.78, 5) is 27.4. The minimum absolute atomic E-state index is 0.228. The zero-order chi connectivity index (χ0) is 19.0. The summed E-state index contributed by atoms with van der Waals surface area (Å²) >= 11 is 0. The lowest BCUT2D eigenvalue weighted by atomic mass is 10.1. The Morgan fingerprint density at radius 3 is 2.85 bits per heavy atom. The van der Waals surface area contributed by atoms with E-state index in [0.717, 1.165) is 22.2 Å². The first-order chi connectivity index (χ1) is 13.1. The molecule has 1 aromatic heterocycles. The monoisotopic (exact) mass is 363 g/mol. The summed E-state index contributed by atoms with van der Waals surface area (Å²) in [5.41, 5.74) is 2.68. The molecule has 1 aliphatic rings. The Labute approximate surface area is 155 Å². The highest BCUT2D eigenvalue weighted by Crippen LogP contribution is 2.35. The number of amides is 2. The molecule has 0 bridgehead atoms. The number of aromatic nitrogens is 1. The molecule has 0 radical (unpaired) electrons. The van der Waals surface area contributed by atoms with Crippen LogP contribution in [0.4, 0.5) is 10.5 Å². The molecule has 2 heterocycles. The number of hydrogen-bond donors (Lipinski definition) is 3. The number of benzene rings is 2. The van der Waals surface area contributed by atoms with Gasteiger partial charge in [0.1, 0.15) is 11.5 Å². The molecule has 1 aliphatic heterocycles. The highest BCUT2D eigenvalue weighted by atomic mass is 16.5. The number of urea groups is 1. The third kappa shape index (κ3) is 2.99. The molecule has 27 heavy (non-hydrogen) atoms. The third-order valence-electron chi connectivity index (χ3n) is 4.36. The average Bonchev–Trinajstić information content (AvgIpc) is 3.23. The van der Waals surface area contributed by atoms with Crippen LogP contribution in [0.15, 0.2) is 48.4 Å². The maximum absolute atomic E-state index is 12.7. The molecule has 0 atom stereocenters. The van der Waals surface area contributed by atoms with Gasteiger partial charge in [-0.25, -0.2) is 4.79 Å². The molecule has 4 rings (SSSR count). The van der Waals surface area contributed by atoms with E-state index in [1.807, 2.05) is 24.4 Å². The molecule has 2 amide bonds. The quantitative estimate of drug-likeness (QED) is 0.621. The lowest BCUT2D eigenvalue weighted by Gasteiger charge is -2.04. The van der Waals surface area contributed by atoms with Crippen LogP contribution >= 0.6 is 0 Å². The number of rotatable bonds is 3. The van der Waals surface area contributed by atoms with Gasteiger partial charge in [0.05, 0.1) is 12.7 Å². The average molecular weight is 363 g/mol. The number of carbonyl (C=O) groups is 2. The predicted molar refractivity (Wildman–Crippen MR) is 102 cm³/mol. The minimum Gasteiger partial charge on any atom is -0.497 e. The van der Waals surface area contributed by atoms with Gasteiger partial charge in [0.25, 0.3) is 0 Å². The van der Waals surface area contributed by atoms with Gasteiger partial charge in [-0.1, -0.05) is 0 Å². The standard InChI is InChI=1S/C20H17N3O4/c1-21-20(25)23-12-3-6-17-15(8-12)19(24)18(27-17)7-11-10-22-16-5-4-13(26-2)9-14(11)16/h3-10,22H,1-2H3,(H2,21,23,25)/b18-7-. The number of H-pyrrole nitrogens is 1. The molecule has 3 N–H and O–H groups in total. The topological polar surface area (TPSA) is 92.5 Å². The van der Waals surface area contributed by atoms with Crippen molar-refractivity contribution in [3.05, 3.63) is 59.5 Å². The summed E-state index contributed by atoms with van der Waals surface area (Å²) in [6.07, 6.45) is 3.52. The molecule has 2 aromatic carbocycles. The number of aromatic amines is 1. The molecular formula is C20H17N3O4. The van der Waals surface area contributed by atoms with E-state index in [1.165, 1.54) is 7.05 Å². The fourth-order valence-corrected chi connectivity index (χ4v) is 2.97. The number of Topliss-reactive ketones (excluding diaryl/α,β-unsaturated/α-hetero) is 1. The maximum atomic E-state index is 12.7. The van der Waals surface area contributed by atoms with E-state index >= 15 is 0 Å². The summed E-state index contributed by atoms with van der Waals surface area (Å²) in [6.45, 7) is 0. The van der Waals surface area contributed by atoms with E-state index in [9.17, 15) is 9.59 Å². The van der Waals surface area contributed by atoms with Crippen LogP contribution in [-0.4, -0.2) is 31.0 Å². The largest absolute Gasteiger partial charge is 0.497 e. The molecule has 7 nitrogen and oxygen atoms in total. The Balaban J connectivity index is 1.67.